The zero-order chi connectivity index (χ0) is 20.2. The molecule has 4 nitrogen and oxygen atoms in total. The average molecular weight is 400 g/mol. The fourth-order valence-electron chi connectivity index (χ4n) is 3.05. The van der Waals surface area contributed by atoms with Crippen LogP contribution in [0.25, 0.3) is 28.2 Å². The van der Waals surface area contributed by atoms with Crippen molar-refractivity contribution < 1.29 is 4.79 Å². The molecule has 0 radical (unpaired) electrons. The molecular formula is C24H18ClN3O. The van der Waals surface area contributed by atoms with Gasteiger partial charge < -0.3 is 11.1 Å². The number of carbonyl (C=O) groups excluding carboxylic acids is 1. The van der Waals surface area contributed by atoms with Gasteiger partial charge in [-0.3, -0.25) is 4.79 Å². The molecule has 0 bridgehead atoms. The summed E-state index contributed by atoms with van der Waals surface area (Å²) in [5, 5.41) is 4.27. The number of aromatic nitrogens is 1. The summed E-state index contributed by atoms with van der Waals surface area (Å²) in [5.74, 6) is -0.239. The highest BCUT2D eigenvalue weighted by Gasteiger charge is 2.07. The van der Waals surface area contributed by atoms with Gasteiger partial charge in [-0.2, -0.15) is 0 Å². The molecule has 0 spiro atoms. The van der Waals surface area contributed by atoms with Gasteiger partial charge in [0.2, 0.25) is 5.91 Å². The molecule has 0 saturated heterocycles. The van der Waals surface area contributed by atoms with Crippen LogP contribution in [-0.4, -0.2) is 10.9 Å². The van der Waals surface area contributed by atoms with Crippen LogP contribution in [0.5, 0.6) is 0 Å². The van der Waals surface area contributed by atoms with Crippen molar-refractivity contribution in [2.75, 3.05) is 11.1 Å². The average Bonchev–Trinajstić information content (AvgIpc) is 2.73. The fourth-order valence-corrected chi connectivity index (χ4v) is 3.25. The van der Waals surface area contributed by atoms with Gasteiger partial charge in [0.05, 0.1) is 11.2 Å². The molecule has 0 unspecified atom stereocenters. The van der Waals surface area contributed by atoms with E-state index in [0.29, 0.717) is 16.4 Å². The van der Waals surface area contributed by atoms with Crippen LogP contribution in [0.15, 0.2) is 84.9 Å². The van der Waals surface area contributed by atoms with Gasteiger partial charge in [-0.05, 0) is 48.0 Å². The summed E-state index contributed by atoms with van der Waals surface area (Å²) in [6, 6.07) is 24.5. The number of carbonyl (C=O) groups is 1. The number of nitrogens with two attached hydrogens (primary N) is 1. The van der Waals surface area contributed by atoms with Crippen molar-refractivity contribution in [1.82, 2.24) is 4.98 Å². The third kappa shape index (κ3) is 4.45. The Morgan fingerprint density at radius 2 is 1.79 bits per heavy atom. The second-order valence-corrected chi connectivity index (χ2v) is 7.01. The Morgan fingerprint density at radius 3 is 2.59 bits per heavy atom. The fraction of sp³-hybridized carbons (Fsp3) is 0. The minimum Gasteiger partial charge on any atom is -0.398 e. The van der Waals surface area contributed by atoms with Crippen LogP contribution in [0.2, 0.25) is 5.02 Å². The Labute approximate surface area is 173 Å². The van der Waals surface area contributed by atoms with E-state index in [4.69, 9.17) is 22.3 Å². The highest BCUT2D eigenvalue weighted by molar-refractivity contribution is 6.30. The molecule has 3 aromatic carbocycles. The molecule has 0 fully saturated rings. The van der Waals surface area contributed by atoms with E-state index < -0.39 is 0 Å². The van der Waals surface area contributed by atoms with E-state index in [2.05, 4.69) is 5.32 Å². The number of benzene rings is 3. The number of pyridine rings is 1. The molecule has 0 aliphatic rings. The zero-order valence-corrected chi connectivity index (χ0v) is 16.2. The minimum atomic E-state index is -0.239. The summed E-state index contributed by atoms with van der Waals surface area (Å²) in [4.78, 5) is 16.9. The first-order valence-electron chi connectivity index (χ1n) is 9.09. The summed E-state index contributed by atoms with van der Waals surface area (Å²) in [6.45, 7) is 0. The van der Waals surface area contributed by atoms with Crippen molar-refractivity contribution in [2.45, 2.75) is 0 Å². The normalized spacial score (nSPS) is 11.1. The summed E-state index contributed by atoms with van der Waals surface area (Å²) in [7, 11) is 0. The van der Waals surface area contributed by atoms with Crippen LogP contribution in [0, 0.1) is 0 Å². The van der Waals surface area contributed by atoms with E-state index in [-0.39, 0.29) is 5.91 Å². The largest absolute Gasteiger partial charge is 0.398 e. The Hall–Kier alpha value is -3.63. The lowest BCUT2D eigenvalue weighted by atomic mass is 10.1. The van der Waals surface area contributed by atoms with Crippen molar-refractivity contribution in [3.8, 4) is 11.3 Å². The number of anilines is 2. The van der Waals surface area contributed by atoms with E-state index in [1.54, 1.807) is 18.2 Å². The number of hydrogen-bond donors (Lipinski definition) is 2. The van der Waals surface area contributed by atoms with Crippen molar-refractivity contribution in [1.29, 1.82) is 0 Å². The Balaban J connectivity index is 1.56. The minimum absolute atomic E-state index is 0.239. The summed E-state index contributed by atoms with van der Waals surface area (Å²) < 4.78 is 0. The second-order valence-electron chi connectivity index (χ2n) is 6.57. The third-order valence-corrected chi connectivity index (χ3v) is 4.69. The maximum Gasteiger partial charge on any atom is 0.248 e. The molecule has 0 aliphatic heterocycles. The number of fused-ring (bicyclic) bond motifs is 1. The number of hydrogen-bond acceptors (Lipinski definition) is 3. The summed E-state index contributed by atoms with van der Waals surface area (Å²) in [5.41, 5.74) is 11.0. The van der Waals surface area contributed by atoms with Gasteiger partial charge in [0, 0.05) is 33.4 Å². The van der Waals surface area contributed by atoms with Gasteiger partial charge >= 0.3 is 0 Å². The Morgan fingerprint density at radius 1 is 0.966 bits per heavy atom. The standard InChI is InChI=1S/C24H18ClN3O/c25-18-8-4-5-16(13-18)9-12-24(29)27-19-10-11-22-20(14-19)21(26)15-23(28-22)17-6-2-1-3-7-17/h1-15H,(H2,26,28)(H,27,29)/b12-9+. The number of amides is 1. The van der Waals surface area contributed by atoms with Crippen LogP contribution in [-0.2, 0) is 4.79 Å². The van der Waals surface area contributed by atoms with Crippen molar-refractivity contribution in [3.63, 3.8) is 0 Å². The molecule has 1 aromatic heterocycles. The first-order valence-corrected chi connectivity index (χ1v) is 9.47. The monoisotopic (exact) mass is 399 g/mol. The van der Waals surface area contributed by atoms with E-state index in [9.17, 15) is 4.79 Å². The molecule has 142 valence electrons. The SMILES string of the molecule is Nc1cc(-c2ccccc2)nc2ccc(NC(=O)/C=C/c3cccc(Cl)c3)cc12. The lowest BCUT2D eigenvalue weighted by Gasteiger charge is -2.09. The molecule has 1 amide bonds. The molecular weight excluding hydrogens is 382 g/mol. The van der Waals surface area contributed by atoms with Crippen molar-refractivity contribution in [2.24, 2.45) is 0 Å². The maximum atomic E-state index is 12.3. The Bertz CT molecular complexity index is 1220. The van der Waals surface area contributed by atoms with Crippen molar-refractivity contribution >= 4 is 45.9 Å². The molecule has 1 heterocycles. The molecule has 3 N–H and O–H groups in total. The van der Waals surface area contributed by atoms with E-state index in [1.165, 1.54) is 6.08 Å². The number of nitrogen functional groups attached to an aromatic ring is 1. The van der Waals surface area contributed by atoms with Crippen LogP contribution in [0.4, 0.5) is 11.4 Å². The predicted octanol–water partition coefficient (Wildman–Crippen LogP) is 5.79. The van der Waals surface area contributed by atoms with Gasteiger partial charge in [0.15, 0.2) is 0 Å². The molecule has 4 rings (SSSR count). The topological polar surface area (TPSA) is 68.0 Å². The smallest absolute Gasteiger partial charge is 0.248 e. The molecule has 0 saturated carbocycles. The van der Waals surface area contributed by atoms with Gasteiger partial charge in [0.25, 0.3) is 0 Å². The zero-order valence-electron chi connectivity index (χ0n) is 15.5. The Kier molecular flexibility index (Phi) is 5.27. The first kappa shape index (κ1) is 18.7. The van der Waals surface area contributed by atoms with Gasteiger partial charge in [-0.25, -0.2) is 4.98 Å². The van der Waals surface area contributed by atoms with Gasteiger partial charge in [-0.15, -0.1) is 0 Å². The number of nitrogens with zero attached hydrogens (tertiary/aromatic N) is 1. The lowest BCUT2D eigenvalue weighted by molar-refractivity contribution is -0.111. The van der Waals surface area contributed by atoms with Crippen molar-refractivity contribution in [3.05, 3.63) is 95.5 Å². The number of halogens is 1. The molecule has 0 aliphatic carbocycles. The van der Waals surface area contributed by atoms with E-state index in [0.717, 1.165) is 27.7 Å². The van der Waals surface area contributed by atoms with E-state index in [1.807, 2.05) is 66.7 Å². The van der Waals surface area contributed by atoms with Gasteiger partial charge in [0.1, 0.15) is 0 Å². The molecule has 0 atom stereocenters. The second kappa shape index (κ2) is 8.17. The van der Waals surface area contributed by atoms with Crippen LogP contribution < -0.4 is 11.1 Å². The summed E-state index contributed by atoms with van der Waals surface area (Å²) in [6.07, 6.45) is 3.18. The highest BCUT2D eigenvalue weighted by atomic mass is 35.5. The van der Waals surface area contributed by atoms with E-state index >= 15 is 0 Å². The number of nitrogens with one attached hydrogen (secondary N) is 1. The highest BCUT2D eigenvalue weighted by Crippen LogP contribution is 2.28. The lowest BCUT2D eigenvalue weighted by Crippen LogP contribution is -2.07. The van der Waals surface area contributed by atoms with Crippen LogP contribution in [0.1, 0.15) is 5.56 Å². The summed E-state index contributed by atoms with van der Waals surface area (Å²) >= 11 is 5.96. The molecule has 29 heavy (non-hydrogen) atoms. The van der Waals surface area contributed by atoms with Crippen LogP contribution >= 0.6 is 11.6 Å². The maximum absolute atomic E-state index is 12.3. The third-order valence-electron chi connectivity index (χ3n) is 4.45. The molecule has 5 heteroatoms. The predicted molar refractivity (Wildman–Crippen MR) is 121 cm³/mol. The van der Waals surface area contributed by atoms with Crippen LogP contribution in [0.3, 0.4) is 0 Å². The van der Waals surface area contributed by atoms with Gasteiger partial charge in [-0.1, -0.05) is 54.1 Å². The quantitative estimate of drug-likeness (QED) is 0.427. The first-order chi connectivity index (χ1) is 14.1. The molecule has 4 aromatic rings. The number of rotatable bonds is 4.